The maximum absolute atomic E-state index is 12.4. The van der Waals surface area contributed by atoms with Crippen molar-refractivity contribution in [1.29, 1.82) is 0 Å². The van der Waals surface area contributed by atoms with E-state index in [1.165, 1.54) is 6.08 Å². The van der Waals surface area contributed by atoms with Crippen LogP contribution >= 0.6 is 11.6 Å². The number of para-hydroxylation sites is 1. The topological polar surface area (TPSA) is 65.4 Å². The van der Waals surface area contributed by atoms with E-state index in [2.05, 4.69) is 10.4 Å². The highest BCUT2D eigenvalue weighted by atomic mass is 35.5. The molecule has 1 aromatic heterocycles. The molecule has 1 heterocycles. The second-order valence-electron chi connectivity index (χ2n) is 6.93. The first-order chi connectivity index (χ1) is 14.9. The summed E-state index contributed by atoms with van der Waals surface area (Å²) in [7, 11) is 1.56. The lowest BCUT2D eigenvalue weighted by atomic mass is 10.1. The third-order valence-electron chi connectivity index (χ3n) is 4.79. The molecule has 0 atom stereocenters. The predicted octanol–water partition coefficient (Wildman–Crippen LogP) is 4.88. The molecule has 0 aliphatic rings. The van der Waals surface area contributed by atoms with E-state index in [0.29, 0.717) is 29.7 Å². The first-order valence-corrected chi connectivity index (χ1v) is 10.4. The van der Waals surface area contributed by atoms with E-state index in [1.807, 2.05) is 55.8 Å². The molecule has 0 saturated heterocycles. The molecule has 0 aliphatic heterocycles. The van der Waals surface area contributed by atoms with Crippen LogP contribution in [0.4, 0.5) is 0 Å². The Morgan fingerprint density at radius 1 is 1.23 bits per heavy atom. The molecule has 162 valence electrons. The minimum Gasteiger partial charge on any atom is -0.493 e. The predicted molar refractivity (Wildman–Crippen MR) is 123 cm³/mol. The molecule has 6 nitrogen and oxygen atoms in total. The smallest absolute Gasteiger partial charge is 0.244 e. The number of methoxy groups -OCH3 is 1. The normalized spacial score (nSPS) is 11.0. The van der Waals surface area contributed by atoms with Gasteiger partial charge in [0.25, 0.3) is 0 Å². The number of hydrogen-bond acceptors (Lipinski definition) is 4. The monoisotopic (exact) mass is 439 g/mol. The molecule has 2 aromatic carbocycles. The molecule has 0 saturated carbocycles. The largest absolute Gasteiger partial charge is 0.493 e. The van der Waals surface area contributed by atoms with Crippen LogP contribution in [0.1, 0.15) is 29.4 Å². The molecule has 31 heavy (non-hydrogen) atoms. The van der Waals surface area contributed by atoms with Gasteiger partial charge in [0, 0.05) is 23.9 Å². The van der Waals surface area contributed by atoms with Gasteiger partial charge < -0.3 is 14.8 Å². The first-order valence-electron chi connectivity index (χ1n) is 10.0. The highest BCUT2D eigenvalue weighted by molar-refractivity contribution is 6.32. The molecule has 1 N–H and O–H groups in total. The van der Waals surface area contributed by atoms with Gasteiger partial charge in [-0.05, 0) is 56.7 Å². The lowest BCUT2D eigenvalue weighted by Crippen LogP contribution is -2.20. The number of carbonyl (C=O) groups is 1. The molecule has 3 rings (SSSR count). The second kappa shape index (κ2) is 10.2. The SMILES string of the molecule is CCOc1c(Cl)cc(CNC(=O)/C=C/c2c(C)nn(-c3ccccc3)c2C)cc1OC. The van der Waals surface area contributed by atoms with Crippen LogP contribution in [0.25, 0.3) is 11.8 Å². The van der Waals surface area contributed by atoms with E-state index in [4.69, 9.17) is 21.1 Å². The average molecular weight is 440 g/mol. The molecule has 0 bridgehead atoms. The van der Waals surface area contributed by atoms with Crippen molar-refractivity contribution >= 4 is 23.6 Å². The number of carbonyl (C=O) groups excluding carboxylic acids is 1. The Balaban J connectivity index is 1.69. The summed E-state index contributed by atoms with van der Waals surface area (Å²) in [6.45, 7) is 6.59. The Hall–Kier alpha value is -3.25. The molecule has 7 heteroatoms. The number of ether oxygens (including phenoxy) is 2. The van der Waals surface area contributed by atoms with Crippen LogP contribution < -0.4 is 14.8 Å². The number of hydrogen-bond donors (Lipinski definition) is 1. The van der Waals surface area contributed by atoms with Crippen molar-refractivity contribution in [3.63, 3.8) is 0 Å². The molecule has 1 amide bonds. The summed E-state index contributed by atoms with van der Waals surface area (Å²) in [6.07, 6.45) is 3.30. The van der Waals surface area contributed by atoms with Crippen LogP contribution in [0.15, 0.2) is 48.5 Å². The number of aromatic nitrogens is 2. The molecule has 0 spiro atoms. The van der Waals surface area contributed by atoms with Crippen LogP contribution in [0, 0.1) is 13.8 Å². The van der Waals surface area contributed by atoms with Crippen molar-refractivity contribution < 1.29 is 14.3 Å². The molecular weight excluding hydrogens is 414 g/mol. The fourth-order valence-electron chi connectivity index (χ4n) is 3.28. The number of nitrogens with zero attached hydrogens (tertiary/aromatic N) is 2. The molecule has 0 unspecified atom stereocenters. The van der Waals surface area contributed by atoms with Crippen molar-refractivity contribution in [2.75, 3.05) is 13.7 Å². The number of halogens is 1. The molecule has 0 aliphatic carbocycles. The van der Waals surface area contributed by atoms with E-state index >= 15 is 0 Å². The minimum atomic E-state index is -0.213. The number of benzene rings is 2. The number of amides is 1. The summed E-state index contributed by atoms with van der Waals surface area (Å²) < 4.78 is 12.7. The first kappa shape index (κ1) is 22.4. The summed E-state index contributed by atoms with van der Waals surface area (Å²) >= 11 is 6.30. The number of rotatable bonds is 8. The quantitative estimate of drug-likeness (QED) is 0.508. The highest BCUT2D eigenvalue weighted by Crippen LogP contribution is 2.36. The van der Waals surface area contributed by atoms with Crippen LogP contribution in [0.2, 0.25) is 5.02 Å². The molecule has 0 fully saturated rings. The third-order valence-corrected chi connectivity index (χ3v) is 5.07. The Labute approximate surface area is 187 Å². The lowest BCUT2D eigenvalue weighted by Gasteiger charge is -2.13. The zero-order chi connectivity index (χ0) is 22.4. The van der Waals surface area contributed by atoms with Gasteiger partial charge in [0.15, 0.2) is 11.5 Å². The van der Waals surface area contributed by atoms with Gasteiger partial charge in [-0.15, -0.1) is 0 Å². The van der Waals surface area contributed by atoms with Gasteiger partial charge in [0.1, 0.15) is 0 Å². The number of nitrogens with one attached hydrogen (secondary N) is 1. The van der Waals surface area contributed by atoms with Gasteiger partial charge in [-0.3, -0.25) is 4.79 Å². The summed E-state index contributed by atoms with van der Waals surface area (Å²) in [4.78, 5) is 12.4. The summed E-state index contributed by atoms with van der Waals surface area (Å²) in [6, 6.07) is 13.5. The minimum absolute atomic E-state index is 0.213. The Kier molecular flexibility index (Phi) is 7.36. The van der Waals surface area contributed by atoms with Crippen molar-refractivity contribution in [1.82, 2.24) is 15.1 Å². The van der Waals surface area contributed by atoms with E-state index in [0.717, 1.165) is 28.2 Å². The van der Waals surface area contributed by atoms with Crippen LogP contribution in [-0.4, -0.2) is 29.4 Å². The lowest BCUT2D eigenvalue weighted by molar-refractivity contribution is -0.116. The van der Waals surface area contributed by atoms with Crippen molar-refractivity contribution in [3.05, 3.63) is 76.1 Å². The summed E-state index contributed by atoms with van der Waals surface area (Å²) in [5, 5.41) is 7.91. The van der Waals surface area contributed by atoms with E-state index in [9.17, 15) is 4.79 Å². The molecular formula is C24H26ClN3O3. The zero-order valence-electron chi connectivity index (χ0n) is 18.1. The summed E-state index contributed by atoms with van der Waals surface area (Å²) in [5.74, 6) is 0.826. The van der Waals surface area contributed by atoms with Crippen LogP contribution in [0.5, 0.6) is 11.5 Å². The maximum Gasteiger partial charge on any atom is 0.244 e. The average Bonchev–Trinajstić information content (AvgIpc) is 3.06. The standard InChI is InChI=1S/C24H26ClN3O3/c1-5-31-24-21(25)13-18(14-22(24)30-4)15-26-23(29)12-11-20-16(2)27-28(17(20)3)19-9-7-6-8-10-19/h6-14H,5,15H2,1-4H3,(H,26,29)/b12-11+. The van der Waals surface area contributed by atoms with Crippen LogP contribution in [-0.2, 0) is 11.3 Å². The zero-order valence-corrected chi connectivity index (χ0v) is 18.9. The van der Waals surface area contributed by atoms with E-state index in [1.54, 1.807) is 25.3 Å². The van der Waals surface area contributed by atoms with Gasteiger partial charge in [0.05, 0.1) is 30.1 Å². The van der Waals surface area contributed by atoms with Crippen LogP contribution in [0.3, 0.4) is 0 Å². The second-order valence-corrected chi connectivity index (χ2v) is 7.33. The van der Waals surface area contributed by atoms with Gasteiger partial charge >= 0.3 is 0 Å². The van der Waals surface area contributed by atoms with Gasteiger partial charge in [0.2, 0.25) is 5.91 Å². The number of aryl methyl sites for hydroxylation is 1. The Morgan fingerprint density at radius 3 is 2.65 bits per heavy atom. The van der Waals surface area contributed by atoms with Gasteiger partial charge in [-0.1, -0.05) is 29.8 Å². The van der Waals surface area contributed by atoms with Gasteiger partial charge in [-0.25, -0.2) is 4.68 Å². The van der Waals surface area contributed by atoms with E-state index < -0.39 is 0 Å². The summed E-state index contributed by atoms with van der Waals surface area (Å²) in [5.41, 5.74) is 4.54. The third kappa shape index (κ3) is 5.27. The van der Waals surface area contributed by atoms with Crippen molar-refractivity contribution in [3.8, 4) is 17.2 Å². The fourth-order valence-corrected chi connectivity index (χ4v) is 3.57. The van der Waals surface area contributed by atoms with Crippen molar-refractivity contribution in [2.24, 2.45) is 0 Å². The van der Waals surface area contributed by atoms with E-state index in [-0.39, 0.29) is 5.91 Å². The van der Waals surface area contributed by atoms with Gasteiger partial charge in [-0.2, -0.15) is 5.10 Å². The van der Waals surface area contributed by atoms with Crippen molar-refractivity contribution in [2.45, 2.75) is 27.3 Å². The fraction of sp³-hybridized carbons (Fsp3) is 0.250. The Bertz CT molecular complexity index is 1090. The Morgan fingerprint density at radius 2 is 1.97 bits per heavy atom. The highest BCUT2D eigenvalue weighted by Gasteiger charge is 2.13. The molecule has 3 aromatic rings. The maximum atomic E-state index is 12.4. The molecule has 0 radical (unpaired) electrons.